The van der Waals surface area contributed by atoms with Crippen LogP contribution in [-0.2, 0) is 22.4 Å². The Kier molecular flexibility index (Phi) is 5.07. The number of rotatable bonds is 7. The van der Waals surface area contributed by atoms with Crippen molar-refractivity contribution in [2.75, 3.05) is 12.4 Å². The lowest BCUT2D eigenvalue weighted by Gasteiger charge is -2.04. The number of aryl methyl sites for hydroxylation is 1. The smallest absolute Gasteiger partial charge is 0.303 e. The van der Waals surface area contributed by atoms with Crippen molar-refractivity contribution < 1.29 is 24.0 Å². The molecule has 0 saturated carbocycles. The van der Waals surface area contributed by atoms with E-state index in [1.807, 2.05) is 0 Å². The van der Waals surface area contributed by atoms with Crippen LogP contribution >= 0.6 is 0 Å². The second-order valence-electron chi connectivity index (χ2n) is 4.45. The Morgan fingerprint density at radius 2 is 2.05 bits per heavy atom. The highest BCUT2D eigenvalue weighted by Gasteiger charge is 2.12. The van der Waals surface area contributed by atoms with Gasteiger partial charge in [0.05, 0.1) is 20.0 Å². The first kappa shape index (κ1) is 15.5. The Hall–Kier alpha value is -2.90. The third-order valence-corrected chi connectivity index (χ3v) is 2.76. The first-order valence-corrected chi connectivity index (χ1v) is 6.54. The Balaban J connectivity index is 1.87. The molecule has 0 atom stereocenters. The summed E-state index contributed by atoms with van der Waals surface area (Å²) >= 11 is 0. The van der Waals surface area contributed by atoms with Crippen LogP contribution in [0.2, 0.25) is 0 Å². The van der Waals surface area contributed by atoms with Gasteiger partial charge in [0.25, 0.3) is 0 Å². The summed E-state index contributed by atoms with van der Waals surface area (Å²) in [6.45, 7) is 0. The number of carboxylic acids is 1. The maximum Gasteiger partial charge on any atom is 0.303 e. The molecule has 8 heteroatoms. The number of hydrogen-bond donors (Lipinski definition) is 2. The first-order chi connectivity index (χ1) is 10.6. The number of nitrogens with zero attached hydrogens (tertiary/aromatic N) is 2. The van der Waals surface area contributed by atoms with Gasteiger partial charge in [-0.2, -0.15) is 4.98 Å². The number of carbonyl (C=O) groups is 2. The number of aliphatic carboxylic acids is 1. The van der Waals surface area contributed by atoms with Crippen molar-refractivity contribution in [1.82, 2.24) is 10.1 Å². The molecule has 8 nitrogen and oxygen atoms in total. The van der Waals surface area contributed by atoms with Crippen molar-refractivity contribution >= 4 is 17.6 Å². The molecule has 1 aromatic heterocycles. The van der Waals surface area contributed by atoms with Gasteiger partial charge in [0.1, 0.15) is 5.75 Å². The van der Waals surface area contributed by atoms with E-state index in [1.54, 1.807) is 31.4 Å². The molecule has 2 rings (SSSR count). The normalized spacial score (nSPS) is 10.2. The van der Waals surface area contributed by atoms with Crippen LogP contribution in [0, 0.1) is 0 Å². The fourth-order valence-corrected chi connectivity index (χ4v) is 1.70. The average molecular weight is 305 g/mol. The molecule has 0 aliphatic carbocycles. The van der Waals surface area contributed by atoms with Gasteiger partial charge >= 0.3 is 5.97 Å². The largest absolute Gasteiger partial charge is 0.497 e. The lowest BCUT2D eigenvalue weighted by molar-refractivity contribution is -0.137. The standard InChI is InChI=1S/C14H15N3O5/c1-21-10-4-2-9(3-5-10)15-12(18)8-11-16-13(22-17-11)6-7-14(19)20/h2-5H,6-8H2,1H3,(H,15,18)(H,19,20). The molecule has 0 bridgehead atoms. The number of methoxy groups -OCH3 is 1. The van der Waals surface area contributed by atoms with E-state index in [4.69, 9.17) is 14.4 Å². The zero-order valence-electron chi connectivity index (χ0n) is 11.9. The fraction of sp³-hybridized carbons (Fsp3) is 0.286. The minimum Gasteiger partial charge on any atom is -0.497 e. The number of hydrogen-bond acceptors (Lipinski definition) is 6. The second kappa shape index (κ2) is 7.21. The Morgan fingerprint density at radius 3 is 2.68 bits per heavy atom. The number of benzene rings is 1. The number of anilines is 1. The van der Waals surface area contributed by atoms with Crippen LogP contribution in [0.4, 0.5) is 5.69 Å². The summed E-state index contributed by atoms with van der Waals surface area (Å²) in [6.07, 6.45) is -0.00922. The van der Waals surface area contributed by atoms with Crippen LogP contribution in [0.5, 0.6) is 5.75 Å². The summed E-state index contributed by atoms with van der Waals surface area (Å²) in [5, 5.41) is 14.9. The Bertz CT molecular complexity index is 651. The zero-order valence-corrected chi connectivity index (χ0v) is 11.9. The van der Waals surface area contributed by atoms with E-state index >= 15 is 0 Å². The maximum absolute atomic E-state index is 11.9. The van der Waals surface area contributed by atoms with Gasteiger partial charge in [0.2, 0.25) is 11.8 Å². The topological polar surface area (TPSA) is 115 Å². The third-order valence-electron chi connectivity index (χ3n) is 2.76. The number of nitrogens with one attached hydrogen (secondary N) is 1. The monoisotopic (exact) mass is 305 g/mol. The van der Waals surface area contributed by atoms with Crippen molar-refractivity contribution in [3.8, 4) is 5.75 Å². The minimum atomic E-state index is -0.947. The summed E-state index contributed by atoms with van der Waals surface area (Å²) in [5.74, 6) is -0.131. The highest BCUT2D eigenvalue weighted by molar-refractivity contribution is 5.91. The Labute approximate surface area is 126 Å². The molecule has 0 aliphatic heterocycles. The molecule has 22 heavy (non-hydrogen) atoms. The molecular weight excluding hydrogens is 290 g/mol. The van der Waals surface area contributed by atoms with Gasteiger partial charge in [-0.25, -0.2) is 0 Å². The van der Waals surface area contributed by atoms with E-state index in [1.165, 1.54) is 0 Å². The number of carboxylic acid groups (broad SMARTS) is 1. The quantitative estimate of drug-likeness (QED) is 0.791. The number of amides is 1. The summed E-state index contributed by atoms with van der Waals surface area (Å²) in [4.78, 5) is 26.3. The third kappa shape index (κ3) is 4.58. The van der Waals surface area contributed by atoms with E-state index in [2.05, 4.69) is 15.5 Å². The van der Waals surface area contributed by atoms with Gasteiger partial charge in [-0.3, -0.25) is 9.59 Å². The number of ether oxygens (including phenoxy) is 1. The van der Waals surface area contributed by atoms with Gasteiger partial charge in [-0.05, 0) is 24.3 Å². The molecule has 0 aliphatic rings. The average Bonchev–Trinajstić information content (AvgIpc) is 2.93. The predicted octanol–water partition coefficient (Wildman–Crippen LogP) is 1.28. The van der Waals surface area contributed by atoms with Gasteiger partial charge < -0.3 is 19.7 Å². The molecule has 2 aromatic rings. The van der Waals surface area contributed by atoms with Crippen LogP contribution in [0.25, 0.3) is 0 Å². The molecule has 1 aromatic carbocycles. The SMILES string of the molecule is COc1ccc(NC(=O)Cc2noc(CCC(=O)O)n2)cc1. The highest BCUT2D eigenvalue weighted by atomic mass is 16.5. The van der Waals surface area contributed by atoms with Crippen LogP contribution in [-0.4, -0.2) is 34.2 Å². The van der Waals surface area contributed by atoms with Crippen LogP contribution in [0.15, 0.2) is 28.8 Å². The van der Waals surface area contributed by atoms with Crippen molar-refractivity contribution in [3.05, 3.63) is 36.0 Å². The van der Waals surface area contributed by atoms with Gasteiger partial charge in [-0.15, -0.1) is 0 Å². The molecular formula is C14H15N3O5. The summed E-state index contributed by atoms with van der Waals surface area (Å²) < 4.78 is 9.90. The van der Waals surface area contributed by atoms with E-state index in [0.29, 0.717) is 11.4 Å². The van der Waals surface area contributed by atoms with Gasteiger partial charge in [0.15, 0.2) is 5.82 Å². The summed E-state index contributed by atoms with van der Waals surface area (Å²) in [7, 11) is 1.56. The molecule has 2 N–H and O–H groups in total. The van der Waals surface area contributed by atoms with Gasteiger partial charge in [0, 0.05) is 12.1 Å². The molecule has 116 valence electrons. The first-order valence-electron chi connectivity index (χ1n) is 6.54. The maximum atomic E-state index is 11.9. The predicted molar refractivity (Wildman–Crippen MR) is 75.6 cm³/mol. The molecule has 0 radical (unpaired) electrons. The molecule has 1 amide bonds. The van der Waals surface area contributed by atoms with Gasteiger partial charge in [-0.1, -0.05) is 5.16 Å². The van der Waals surface area contributed by atoms with Crippen molar-refractivity contribution in [1.29, 1.82) is 0 Å². The van der Waals surface area contributed by atoms with Crippen LogP contribution in [0.1, 0.15) is 18.1 Å². The minimum absolute atomic E-state index is 0.0530. The summed E-state index contributed by atoms with van der Waals surface area (Å²) in [6, 6.07) is 6.89. The lowest BCUT2D eigenvalue weighted by Crippen LogP contribution is -2.15. The number of carbonyl (C=O) groups excluding carboxylic acids is 1. The van der Waals surface area contributed by atoms with Crippen LogP contribution < -0.4 is 10.1 Å². The van der Waals surface area contributed by atoms with E-state index in [-0.39, 0.29) is 36.9 Å². The van der Waals surface area contributed by atoms with Crippen molar-refractivity contribution in [2.45, 2.75) is 19.3 Å². The van der Waals surface area contributed by atoms with Crippen molar-refractivity contribution in [3.63, 3.8) is 0 Å². The second-order valence-corrected chi connectivity index (χ2v) is 4.45. The summed E-state index contributed by atoms with van der Waals surface area (Å²) in [5.41, 5.74) is 0.625. The van der Waals surface area contributed by atoms with E-state index in [9.17, 15) is 9.59 Å². The Morgan fingerprint density at radius 1 is 1.32 bits per heavy atom. The molecule has 0 unspecified atom stereocenters. The molecule has 0 fully saturated rings. The lowest BCUT2D eigenvalue weighted by atomic mass is 10.3. The molecule has 1 heterocycles. The van der Waals surface area contributed by atoms with E-state index in [0.717, 1.165) is 0 Å². The number of aromatic nitrogens is 2. The molecule has 0 saturated heterocycles. The molecule has 0 spiro atoms. The zero-order chi connectivity index (χ0) is 15.9. The highest BCUT2D eigenvalue weighted by Crippen LogP contribution is 2.15. The van der Waals surface area contributed by atoms with Crippen LogP contribution in [0.3, 0.4) is 0 Å². The van der Waals surface area contributed by atoms with Crippen molar-refractivity contribution in [2.24, 2.45) is 0 Å². The van der Waals surface area contributed by atoms with E-state index < -0.39 is 5.97 Å². The fourth-order valence-electron chi connectivity index (χ4n) is 1.70.